The first kappa shape index (κ1) is 16.7. The number of hydrogen-bond acceptors (Lipinski definition) is 4. The summed E-state index contributed by atoms with van der Waals surface area (Å²) in [4.78, 5) is 33.8. The first-order valence-electron chi connectivity index (χ1n) is 6.19. The molecule has 0 saturated heterocycles. The third kappa shape index (κ3) is 3.97. The summed E-state index contributed by atoms with van der Waals surface area (Å²) in [5.74, 6) is -1.33. The van der Waals surface area contributed by atoms with Crippen molar-refractivity contribution >= 4 is 40.7 Å². The van der Waals surface area contributed by atoms with Crippen molar-refractivity contribution in [1.82, 2.24) is 10.9 Å². The average molecular weight is 354 g/mol. The molecule has 2 amide bonds. The van der Waals surface area contributed by atoms with Crippen molar-refractivity contribution in [3.8, 4) is 0 Å². The second-order valence-corrected chi connectivity index (χ2v) is 5.12. The summed E-state index contributed by atoms with van der Waals surface area (Å²) in [5.41, 5.74) is 4.27. The van der Waals surface area contributed by atoms with E-state index in [1.165, 1.54) is 18.2 Å². The van der Waals surface area contributed by atoms with Gasteiger partial charge in [-0.1, -0.05) is 35.3 Å². The van der Waals surface area contributed by atoms with Crippen molar-refractivity contribution in [2.45, 2.75) is 0 Å². The van der Waals surface area contributed by atoms with Gasteiger partial charge in [0.15, 0.2) is 0 Å². The predicted octanol–water partition coefficient (Wildman–Crippen LogP) is 2.98. The molecule has 0 aliphatic heterocycles. The minimum absolute atomic E-state index is 0.0169. The lowest BCUT2D eigenvalue weighted by atomic mass is 10.2. The van der Waals surface area contributed by atoms with Crippen LogP contribution < -0.4 is 10.9 Å². The Kier molecular flexibility index (Phi) is 5.15. The van der Waals surface area contributed by atoms with Crippen molar-refractivity contribution in [3.05, 3.63) is 73.8 Å². The van der Waals surface area contributed by atoms with E-state index in [0.717, 1.165) is 12.1 Å². The standard InChI is InChI=1S/C14H9Cl2N3O4/c15-11-4-2-1-3-9(11)13(20)17-18-14(21)10-6-5-8(19(22)23)7-12(10)16/h1-7H,(H,17,20)(H,18,21). The number of nitrogens with one attached hydrogen (secondary N) is 2. The Morgan fingerprint density at radius 3 is 2.00 bits per heavy atom. The molecule has 0 atom stereocenters. The summed E-state index contributed by atoms with van der Waals surface area (Å²) >= 11 is 11.7. The minimum atomic E-state index is -0.717. The molecular formula is C14H9Cl2N3O4. The molecule has 2 aromatic carbocycles. The molecular weight excluding hydrogens is 345 g/mol. The zero-order chi connectivity index (χ0) is 17.0. The van der Waals surface area contributed by atoms with Crippen LogP contribution in [-0.4, -0.2) is 16.7 Å². The number of hydrogen-bond donors (Lipinski definition) is 2. The monoisotopic (exact) mass is 353 g/mol. The number of amides is 2. The van der Waals surface area contributed by atoms with E-state index >= 15 is 0 Å². The van der Waals surface area contributed by atoms with Crippen LogP contribution in [0.2, 0.25) is 10.0 Å². The molecule has 2 rings (SSSR count). The van der Waals surface area contributed by atoms with Crippen LogP contribution in [0.15, 0.2) is 42.5 Å². The normalized spacial score (nSPS) is 10.0. The highest BCUT2D eigenvalue weighted by atomic mass is 35.5. The molecule has 0 fully saturated rings. The molecule has 0 heterocycles. The van der Waals surface area contributed by atoms with E-state index in [9.17, 15) is 19.7 Å². The molecule has 0 aromatic heterocycles. The molecule has 2 aromatic rings. The number of nitrogens with zero attached hydrogens (tertiary/aromatic N) is 1. The Balaban J connectivity index is 2.07. The number of non-ortho nitro benzene ring substituents is 1. The quantitative estimate of drug-likeness (QED) is 0.654. The van der Waals surface area contributed by atoms with Gasteiger partial charge in [0.1, 0.15) is 0 Å². The molecule has 0 bridgehead atoms. The van der Waals surface area contributed by atoms with Gasteiger partial charge in [0.05, 0.1) is 26.1 Å². The molecule has 0 spiro atoms. The lowest BCUT2D eigenvalue weighted by Crippen LogP contribution is -2.41. The third-order valence-corrected chi connectivity index (χ3v) is 3.46. The number of nitro groups is 1. The van der Waals surface area contributed by atoms with E-state index in [1.807, 2.05) is 0 Å². The van der Waals surface area contributed by atoms with Crippen molar-refractivity contribution in [2.24, 2.45) is 0 Å². The Bertz CT molecular complexity index is 795. The van der Waals surface area contributed by atoms with E-state index in [-0.39, 0.29) is 26.9 Å². The Hall–Kier alpha value is -2.64. The van der Waals surface area contributed by atoms with E-state index in [0.29, 0.717) is 0 Å². The van der Waals surface area contributed by atoms with Gasteiger partial charge in [0.2, 0.25) is 0 Å². The molecule has 0 unspecified atom stereocenters. The van der Waals surface area contributed by atoms with Crippen molar-refractivity contribution in [2.75, 3.05) is 0 Å². The van der Waals surface area contributed by atoms with Crippen LogP contribution in [0.4, 0.5) is 5.69 Å². The molecule has 118 valence electrons. The minimum Gasteiger partial charge on any atom is -0.267 e. The fourth-order valence-corrected chi connectivity index (χ4v) is 2.18. The van der Waals surface area contributed by atoms with Gasteiger partial charge < -0.3 is 0 Å². The summed E-state index contributed by atoms with van der Waals surface area (Å²) in [6.07, 6.45) is 0. The van der Waals surface area contributed by atoms with Gasteiger partial charge in [-0.05, 0) is 18.2 Å². The molecule has 9 heteroatoms. The maximum Gasteiger partial charge on any atom is 0.271 e. The summed E-state index contributed by atoms with van der Waals surface area (Å²) < 4.78 is 0. The molecule has 23 heavy (non-hydrogen) atoms. The Morgan fingerprint density at radius 2 is 1.48 bits per heavy atom. The number of rotatable bonds is 3. The molecule has 0 saturated carbocycles. The summed E-state index contributed by atoms with van der Waals surface area (Å²) in [6, 6.07) is 9.68. The van der Waals surface area contributed by atoms with E-state index in [4.69, 9.17) is 23.2 Å². The second-order valence-electron chi connectivity index (χ2n) is 4.31. The maximum atomic E-state index is 12.0. The van der Waals surface area contributed by atoms with E-state index in [1.54, 1.807) is 12.1 Å². The van der Waals surface area contributed by atoms with Gasteiger partial charge in [-0.15, -0.1) is 0 Å². The van der Waals surface area contributed by atoms with Gasteiger partial charge in [0, 0.05) is 12.1 Å². The Labute approximate surface area is 140 Å². The lowest BCUT2D eigenvalue weighted by molar-refractivity contribution is -0.384. The molecule has 2 N–H and O–H groups in total. The first-order valence-corrected chi connectivity index (χ1v) is 6.95. The van der Waals surface area contributed by atoms with Crippen LogP contribution >= 0.6 is 23.2 Å². The van der Waals surface area contributed by atoms with Gasteiger partial charge in [-0.2, -0.15) is 0 Å². The zero-order valence-electron chi connectivity index (χ0n) is 11.4. The third-order valence-electron chi connectivity index (χ3n) is 2.82. The first-order chi connectivity index (χ1) is 10.9. The number of carbonyl (C=O) groups excluding carboxylic acids is 2. The van der Waals surface area contributed by atoms with Crippen molar-refractivity contribution < 1.29 is 14.5 Å². The fourth-order valence-electron chi connectivity index (χ4n) is 1.70. The van der Waals surface area contributed by atoms with Gasteiger partial charge in [-0.3, -0.25) is 30.6 Å². The van der Waals surface area contributed by atoms with E-state index < -0.39 is 16.7 Å². The van der Waals surface area contributed by atoms with Gasteiger partial charge in [-0.25, -0.2) is 0 Å². The number of benzene rings is 2. The van der Waals surface area contributed by atoms with Crippen LogP contribution in [0.1, 0.15) is 20.7 Å². The topological polar surface area (TPSA) is 101 Å². The van der Waals surface area contributed by atoms with Crippen LogP contribution in [0.3, 0.4) is 0 Å². The highest BCUT2D eigenvalue weighted by Crippen LogP contribution is 2.22. The number of halogens is 2. The van der Waals surface area contributed by atoms with Crippen LogP contribution in [0.25, 0.3) is 0 Å². The Morgan fingerprint density at radius 1 is 0.913 bits per heavy atom. The lowest BCUT2D eigenvalue weighted by Gasteiger charge is -2.09. The molecule has 0 radical (unpaired) electrons. The number of nitro benzene ring substituents is 1. The summed E-state index contributed by atoms with van der Waals surface area (Å²) in [6.45, 7) is 0. The second kappa shape index (κ2) is 7.08. The molecule has 7 nitrogen and oxygen atoms in total. The smallest absolute Gasteiger partial charge is 0.267 e. The van der Waals surface area contributed by atoms with E-state index in [2.05, 4.69) is 10.9 Å². The van der Waals surface area contributed by atoms with Gasteiger partial charge >= 0.3 is 0 Å². The highest BCUT2D eigenvalue weighted by Gasteiger charge is 2.16. The molecule has 0 aliphatic rings. The fraction of sp³-hybridized carbons (Fsp3) is 0. The number of carbonyl (C=O) groups is 2. The number of hydrazine groups is 1. The van der Waals surface area contributed by atoms with Crippen LogP contribution in [-0.2, 0) is 0 Å². The van der Waals surface area contributed by atoms with Crippen molar-refractivity contribution in [3.63, 3.8) is 0 Å². The summed E-state index contributed by atoms with van der Waals surface area (Å²) in [7, 11) is 0. The highest BCUT2D eigenvalue weighted by molar-refractivity contribution is 6.34. The molecule has 0 aliphatic carbocycles. The largest absolute Gasteiger partial charge is 0.271 e. The van der Waals surface area contributed by atoms with Crippen LogP contribution in [0.5, 0.6) is 0 Å². The summed E-state index contributed by atoms with van der Waals surface area (Å²) in [5, 5.41) is 10.7. The zero-order valence-corrected chi connectivity index (χ0v) is 12.9. The predicted molar refractivity (Wildman–Crippen MR) is 84.5 cm³/mol. The van der Waals surface area contributed by atoms with Crippen LogP contribution in [0, 0.1) is 10.1 Å². The maximum absolute atomic E-state index is 12.0. The average Bonchev–Trinajstić information content (AvgIpc) is 2.52. The SMILES string of the molecule is O=C(NNC(=O)c1ccc([N+](=O)[O-])cc1Cl)c1ccccc1Cl. The van der Waals surface area contributed by atoms with Gasteiger partial charge in [0.25, 0.3) is 17.5 Å². The van der Waals surface area contributed by atoms with Crippen molar-refractivity contribution in [1.29, 1.82) is 0 Å².